The predicted octanol–water partition coefficient (Wildman–Crippen LogP) is 1.63. The van der Waals surface area contributed by atoms with Crippen molar-refractivity contribution in [3.63, 3.8) is 0 Å². The quantitative estimate of drug-likeness (QED) is 0.771. The second-order valence-electron chi connectivity index (χ2n) is 4.76. The van der Waals surface area contributed by atoms with Crippen molar-refractivity contribution in [3.8, 4) is 0 Å². The van der Waals surface area contributed by atoms with Crippen LogP contribution in [0.15, 0.2) is 0 Å². The zero-order valence-electron chi connectivity index (χ0n) is 10.4. The summed E-state index contributed by atoms with van der Waals surface area (Å²) in [5.41, 5.74) is 0. The summed E-state index contributed by atoms with van der Waals surface area (Å²) in [7, 11) is 1.92. The molecule has 0 aliphatic carbocycles. The van der Waals surface area contributed by atoms with Crippen LogP contribution in [0.25, 0.3) is 0 Å². The first kappa shape index (κ1) is 12.5. The molecule has 1 aliphatic heterocycles. The van der Waals surface area contributed by atoms with Crippen molar-refractivity contribution in [2.75, 3.05) is 13.6 Å². The van der Waals surface area contributed by atoms with Crippen LogP contribution in [0.5, 0.6) is 0 Å². The first-order valence-corrected chi connectivity index (χ1v) is 6.08. The van der Waals surface area contributed by atoms with Gasteiger partial charge in [0.15, 0.2) is 0 Å². The number of carbonyl (C=O) groups is 1. The molecule has 3 unspecified atom stereocenters. The van der Waals surface area contributed by atoms with Gasteiger partial charge in [-0.1, -0.05) is 13.8 Å². The molecule has 0 aromatic rings. The zero-order valence-corrected chi connectivity index (χ0v) is 10.4. The molecule has 3 nitrogen and oxygen atoms in total. The minimum atomic E-state index is 0.0396. The average molecular weight is 212 g/mol. The van der Waals surface area contributed by atoms with Crippen LogP contribution in [-0.2, 0) is 4.79 Å². The van der Waals surface area contributed by atoms with Crippen molar-refractivity contribution in [2.45, 2.75) is 52.1 Å². The van der Waals surface area contributed by atoms with Gasteiger partial charge in [0.2, 0.25) is 5.91 Å². The van der Waals surface area contributed by atoms with Gasteiger partial charge in [-0.15, -0.1) is 0 Å². The van der Waals surface area contributed by atoms with Crippen molar-refractivity contribution < 1.29 is 4.79 Å². The third-order valence-corrected chi connectivity index (χ3v) is 3.64. The molecule has 1 fully saturated rings. The highest BCUT2D eigenvalue weighted by Gasteiger charge is 2.30. The third-order valence-electron chi connectivity index (χ3n) is 3.64. The molecule has 0 bridgehead atoms. The highest BCUT2D eigenvalue weighted by Crippen LogP contribution is 2.18. The summed E-state index contributed by atoms with van der Waals surface area (Å²) in [4.78, 5) is 14.1. The van der Waals surface area contributed by atoms with Crippen molar-refractivity contribution in [1.82, 2.24) is 10.2 Å². The van der Waals surface area contributed by atoms with Gasteiger partial charge < -0.3 is 10.2 Å². The van der Waals surface area contributed by atoms with Crippen molar-refractivity contribution in [1.29, 1.82) is 0 Å². The minimum Gasteiger partial charge on any atom is -0.342 e. The highest BCUT2D eigenvalue weighted by atomic mass is 16.2. The van der Waals surface area contributed by atoms with E-state index in [1.54, 1.807) is 0 Å². The Hall–Kier alpha value is -0.570. The molecule has 15 heavy (non-hydrogen) atoms. The van der Waals surface area contributed by atoms with Crippen LogP contribution in [0.2, 0.25) is 0 Å². The van der Waals surface area contributed by atoms with E-state index in [2.05, 4.69) is 26.1 Å². The van der Waals surface area contributed by atoms with Gasteiger partial charge in [0, 0.05) is 13.1 Å². The number of rotatable bonds is 3. The van der Waals surface area contributed by atoms with E-state index in [0.29, 0.717) is 12.0 Å². The van der Waals surface area contributed by atoms with Crippen molar-refractivity contribution >= 4 is 5.91 Å². The number of amides is 1. The molecular weight excluding hydrogens is 188 g/mol. The van der Waals surface area contributed by atoms with Crippen LogP contribution >= 0.6 is 0 Å². The van der Waals surface area contributed by atoms with Crippen molar-refractivity contribution in [2.24, 2.45) is 5.92 Å². The maximum absolute atomic E-state index is 12.2. The van der Waals surface area contributed by atoms with Gasteiger partial charge in [0.25, 0.3) is 0 Å². The largest absolute Gasteiger partial charge is 0.342 e. The smallest absolute Gasteiger partial charge is 0.239 e. The minimum absolute atomic E-state index is 0.0396. The molecule has 1 aliphatic rings. The SMILES string of the molecule is CCC(C)N(C)C(=O)C1NCCCC1C. The van der Waals surface area contributed by atoms with Gasteiger partial charge in [0.05, 0.1) is 6.04 Å². The molecule has 0 saturated carbocycles. The van der Waals surface area contributed by atoms with Crippen LogP contribution < -0.4 is 5.32 Å². The predicted molar refractivity (Wildman–Crippen MR) is 62.7 cm³/mol. The molecule has 3 atom stereocenters. The fourth-order valence-electron chi connectivity index (χ4n) is 2.09. The third kappa shape index (κ3) is 2.94. The molecule has 1 saturated heterocycles. The Morgan fingerprint density at radius 1 is 1.60 bits per heavy atom. The Morgan fingerprint density at radius 2 is 2.27 bits per heavy atom. The standard InChI is InChI=1S/C12H24N2O/c1-5-10(3)14(4)12(15)11-9(2)7-6-8-13-11/h9-11,13H,5-8H2,1-4H3. The summed E-state index contributed by atoms with van der Waals surface area (Å²) < 4.78 is 0. The summed E-state index contributed by atoms with van der Waals surface area (Å²) in [6.07, 6.45) is 3.37. The average Bonchev–Trinajstić information content (AvgIpc) is 2.26. The topological polar surface area (TPSA) is 32.3 Å². The Morgan fingerprint density at radius 3 is 2.80 bits per heavy atom. The number of likely N-dealkylation sites (N-methyl/N-ethyl adjacent to an activating group) is 1. The number of hydrogen-bond donors (Lipinski definition) is 1. The molecule has 0 aromatic carbocycles. The van der Waals surface area contributed by atoms with Gasteiger partial charge in [0.1, 0.15) is 0 Å². The van der Waals surface area contributed by atoms with Crippen LogP contribution in [0.3, 0.4) is 0 Å². The van der Waals surface area contributed by atoms with E-state index in [1.165, 1.54) is 6.42 Å². The molecule has 1 rings (SSSR count). The lowest BCUT2D eigenvalue weighted by atomic mass is 9.91. The van der Waals surface area contributed by atoms with E-state index < -0.39 is 0 Å². The lowest BCUT2D eigenvalue weighted by molar-refractivity contribution is -0.135. The molecule has 1 N–H and O–H groups in total. The van der Waals surface area contributed by atoms with Crippen LogP contribution in [0, 0.1) is 5.92 Å². The van der Waals surface area contributed by atoms with E-state index in [1.807, 2.05) is 11.9 Å². The number of carbonyl (C=O) groups excluding carboxylic acids is 1. The van der Waals surface area contributed by atoms with Crippen LogP contribution in [0.4, 0.5) is 0 Å². The Kier molecular flexibility index (Phi) is 4.58. The lowest BCUT2D eigenvalue weighted by Gasteiger charge is -2.34. The maximum atomic E-state index is 12.2. The second kappa shape index (κ2) is 5.50. The number of hydrogen-bond acceptors (Lipinski definition) is 2. The molecule has 3 heteroatoms. The summed E-state index contributed by atoms with van der Waals surface area (Å²) in [5, 5.41) is 3.34. The summed E-state index contributed by atoms with van der Waals surface area (Å²) >= 11 is 0. The molecule has 88 valence electrons. The Labute approximate surface area is 93.2 Å². The fraction of sp³-hybridized carbons (Fsp3) is 0.917. The molecule has 0 radical (unpaired) electrons. The van der Waals surface area contributed by atoms with E-state index in [4.69, 9.17) is 0 Å². The molecular formula is C12H24N2O. The monoisotopic (exact) mass is 212 g/mol. The number of piperidine rings is 1. The lowest BCUT2D eigenvalue weighted by Crippen LogP contribution is -2.53. The summed E-state index contributed by atoms with van der Waals surface area (Å²) in [6.45, 7) is 7.37. The van der Waals surface area contributed by atoms with Gasteiger partial charge in [-0.3, -0.25) is 4.79 Å². The Balaban J connectivity index is 2.57. The van der Waals surface area contributed by atoms with Gasteiger partial charge >= 0.3 is 0 Å². The normalized spacial score (nSPS) is 28.5. The van der Waals surface area contributed by atoms with Gasteiger partial charge in [-0.05, 0) is 38.6 Å². The Bertz CT molecular complexity index is 218. The first-order valence-electron chi connectivity index (χ1n) is 6.08. The van der Waals surface area contributed by atoms with E-state index in [9.17, 15) is 4.79 Å². The maximum Gasteiger partial charge on any atom is 0.239 e. The van der Waals surface area contributed by atoms with Crippen molar-refractivity contribution in [3.05, 3.63) is 0 Å². The van der Waals surface area contributed by atoms with E-state index >= 15 is 0 Å². The first-order chi connectivity index (χ1) is 7.07. The number of nitrogens with zero attached hydrogens (tertiary/aromatic N) is 1. The van der Waals surface area contributed by atoms with Crippen LogP contribution in [-0.4, -0.2) is 36.5 Å². The molecule has 1 heterocycles. The van der Waals surface area contributed by atoms with E-state index in [0.717, 1.165) is 19.4 Å². The second-order valence-corrected chi connectivity index (χ2v) is 4.76. The molecule has 0 spiro atoms. The molecule has 0 aromatic heterocycles. The number of nitrogens with one attached hydrogen (secondary N) is 1. The summed E-state index contributed by atoms with van der Waals surface area (Å²) in [5.74, 6) is 0.731. The summed E-state index contributed by atoms with van der Waals surface area (Å²) in [6, 6.07) is 0.381. The zero-order chi connectivity index (χ0) is 11.4. The van der Waals surface area contributed by atoms with Gasteiger partial charge in [-0.25, -0.2) is 0 Å². The highest BCUT2D eigenvalue weighted by molar-refractivity contribution is 5.82. The molecule has 1 amide bonds. The fourth-order valence-corrected chi connectivity index (χ4v) is 2.09. The van der Waals surface area contributed by atoms with Gasteiger partial charge in [-0.2, -0.15) is 0 Å². The van der Waals surface area contributed by atoms with E-state index in [-0.39, 0.29) is 11.9 Å². The van der Waals surface area contributed by atoms with Crippen LogP contribution in [0.1, 0.15) is 40.0 Å².